The van der Waals surface area contributed by atoms with E-state index < -0.39 is 0 Å². The fourth-order valence-electron chi connectivity index (χ4n) is 4.40. The van der Waals surface area contributed by atoms with Gasteiger partial charge in [-0.15, -0.1) is 0 Å². The molecule has 19 heavy (non-hydrogen) atoms. The van der Waals surface area contributed by atoms with E-state index in [1.807, 2.05) is 0 Å². The van der Waals surface area contributed by atoms with Crippen LogP contribution in [0.1, 0.15) is 60.3 Å². The lowest BCUT2D eigenvalue weighted by Crippen LogP contribution is -2.35. The van der Waals surface area contributed by atoms with E-state index in [1.54, 1.807) is 0 Å². The molecule has 1 N–H and O–H groups in total. The first-order valence-electron chi connectivity index (χ1n) is 8.31. The predicted molar refractivity (Wildman–Crippen MR) is 79.7 cm³/mol. The van der Waals surface area contributed by atoms with Crippen LogP contribution in [0, 0.1) is 35.5 Å². The van der Waals surface area contributed by atoms with Crippen molar-refractivity contribution in [1.29, 1.82) is 0 Å². The van der Waals surface area contributed by atoms with Crippen molar-refractivity contribution < 1.29 is 4.79 Å². The van der Waals surface area contributed by atoms with Crippen LogP contribution < -0.4 is 5.32 Å². The summed E-state index contributed by atoms with van der Waals surface area (Å²) in [5.41, 5.74) is 0. The van der Waals surface area contributed by atoms with Crippen LogP contribution in [0.25, 0.3) is 0 Å². The van der Waals surface area contributed by atoms with Crippen LogP contribution in [0.15, 0.2) is 0 Å². The summed E-state index contributed by atoms with van der Waals surface area (Å²) in [5, 5.41) is 3.28. The Labute approximate surface area is 118 Å². The molecule has 0 unspecified atom stereocenters. The second kappa shape index (κ2) is 5.85. The molecule has 0 aromatic heterocycles. The van der Waals surface area contributed by atoms with Crippen LogP contribution in [0.5, 0.6) is 0 Å². The van der Waals surface area contributed by atoms with E-state index >= 15 is 0 Å². The van der Waals surface area contributed by atoms with Gasteiger partial charge in [-0.1, -0.05) is 41.0 Å². The minimum Gasteiger partial charge on any atom is -0.353 e. The van der Waals surface area contributed by atoms with E-state index in [-0.39, 0.29) is 0 Å². The maximum Gasteiger partial charge on any atom is 0.223 e. The van der Waals surface area contributed by atoms with E-state index in [0.717, 1.165) is 30.6 Å². The van der Waals surface area contributed by atoms with Gasteiger partial charge in [-0.05, 0) is 48.9 Å². The van der Waals surface area contributed by atoms with Gasteiger partial charge in [0.25, 0.3) is 0 Å². The van der Waals surface area contributed by atoms with Crippen molar-refractivity contribution in [3.05, 3.63) is 0 Å². The van der Waals surface area contributed by atoms with E-state index in [0.29, 0.717) is 29.7 Å². The average Bonchev–Trinajstić information content (AvgIpc) is 3.11. The summed E-state index contributed by atoms with van der Waals surface area (Å²) in [6, 6.07) is 0.378. The van der Waals surface area contributed by atoms with Gasteiger partial charge in [-0.25, -0.2) is 0 Å². The second-order valence-electron chi connectivity index (χ2n) is 7.16. The second-order valence-corrected chi connectivity index (χ2v) is 7.16. The molecule has 0 saturated heterocycles. The first kappa shape index (κ1) is 14.9. The van der Waals surface area contributed by atoms with Gasteiger partial charge in [0.15, 0.2) is 0 Å². The largest absolute Gasteiger partial charge is 0.353 e. The number of fused-ring (bicyclic) bond motifs is 1. The Hall–Kier alpha value is -0.530. The number of rotatable bonds is 5. The van der Waals surface area contributed by atoms with Gasteiger partial charge in [-0.3, -0.25) is 4.79 Å². The van der Waals surface area contributed by atoms with Gasteiger partial charge >= 0.3 is 0 Å². The normalized spacial score (nSPS) is 37.3. The molecule has 2 heteroatoms. The minimum atomic E-state index is 0.325. The maximum absolute atomic E-state index is 12.5. The van der Waals surface area contributed by atoms with Gasteiger partial charge in [0.1, 0.15) is 0 Å². The molecule has 2 aliphatic rings. The highest BCUT2D eigenvalue weighted by Crippen LogP contribution is 2.62. The smallest absolute Gasteiger partial charge is 0.223 e. The molecule has 0 aliphatic heterocycles. The first-order chi connectivity index (χ1) is 9.01. The molecule has 2 saturated carbocycles. The van der Waals surface area contributed by atoms with Crippen molar-refractivity contribution in [2.45, 2.75) is 66.3 Å². The fraction of sp³-hybridized carbons (Fsp3) is 0.941. The average molecular weight is 265 g/mol. The summed E-state index contributed by atoms with van der Waals surface area (Å²) in [7, 11) is 0. The Balaban J connectivity index is 2.00. The molecule has 0 radical (unpaired) electrons. The summed E-state index contributed by atoms with van der Waals surface area (Å²) in [6.07, 6.45) is 4.74. The molecule has 1 amide bonds. The molecule has 0 aromatic rings. The number of carbonyl (C=O) groups is 1. The number of nitrogens with one attached hydrogen (secondary N) is 1. The number of hydrogen-bond acceptors (Lipinski definition) is 1. The van der Waals surface area contributed by atoms with Crippen molar-refractivity contribution in [2.75, 3.05) is 0 Å². The van der Waals surface area contributed by atoms with E-state index in [1.165, 1.54) is 12.8 Å². The van der Waals surface area contributed by atoms with Crippen LogP contribution in [0.2, 0.25) is 0 Å². The summed E-state index contributed by atoms with van der Waals surface area (Å²) in [6.45, 7) is 11.3. The molecular weight excluding hydrogens is 234 g/mol. The molecular formula is C17H31NO. The van der Waals surface area contributed by atoms with E-state index in [4.69, 9.17) is 0 Å². The Kier molecular flexibility index (Phi) is 4.58. The molecule has 2 aliphatic carbocycles. The number of carbonyl (C=O) groups excluding carboxylic acids is 1. The Morgan fingerprint density at radius 3 is 2.32 bits per heavy atom. The third kappa shape index (κ3) is 2.83. The lowest BCUT2D eigenvalue weighted by Gasteiger charge is -2.28. The number of hydrogen-bond donors (Lipinski definition) is 1. The van der Waals surface area contributed by atoms with Crippen LogP contribution in [0.4, 0.5) is 0 Å². The van der Waals surface area contributed by atoms with Crippen molar-refractivity contribution in [3.63, 3.8) is 0 Å². The van der Waals surface area contributed by atoms with Crippen LogP contribution in [-0.2, 0) is 4.79 Å². The van der Waals surface area contributed by atoms with Crippen molar-refractivity contribution in [3.8, 4) is 0 Å². The summed E-state index contributed by atoms with van der Waals surface area (Å²) >= 11 is 0. The van der Waals surface area contributed by atoms with Gasteiger partial charge in [0.2, 0.25) is 5.91 Å². The molecule has 5 atom stereocenters. The van der Waals surface area contributed by atoms with Gasteiger partial charge in [0, 0.05) is 12.0 Å². The first-order valence-corrected chi connectivity index (χ1v) is 8.31. The maximum atomic E-state index is 12.5. The van der Waals surface area contributed by atoms with Crippen LogP contribution in [-0.4, -0.2) is 11.9 Å². The van der Waals surface area contributed by atoms with Crippen molar-refractivity contribution >= 4 is 5.91 Å². The van der Waals surface area contributed by atoms with E-state index in [9.17, 15) is 4.79 Å². The van der Waals surface area contributed by atoms with Crippen molar-refractivity contribution in [2.24, 2.45) is 35.5 Å². The Bertz CT molecular complexity index is 321. The molecule has 2 rings (SSSR count). The molecule has 0 heterocycles. The molecule has 0 spiro atoms. The Morgan fingerprint density at radius 2 is 1.79 bits per heavy atom. The monoisotopic (exact) mass is 265 g/mol. The van der Waals surface area contributed by atoms with Crippen molar-refractivity contribution in [1.82, 2.24) is 5.32 Å². The highest BCUT2D eigenvalue weighted by Gasteiger charge is 2.61. The Morgan fingerprint density at radius 1 is 1.16 bits per heavy atom. The standard InChI is InChI=1S/C17H31NO/c1-6-12(7-2)18-17(19)16-14-11(5)8-9-13(10(3)4)15(14)16/h10-16H,6-9H2,1-5H3,(H,18,19)/t11-,13+,14-,15+,16+/m1/s1. The molecule has 2 nitrogen and oxygen atoms in total. The topological polar surface area (TPSA) is 29.1 Å². The lowest BCUT2D eigenvalue weighted by molar-refractivity contribution is -0.123. The zero-order valence-electron chi connectivity index (χ0n) is 13.3. The summed E-state index contributed by atoms with van der Waals surface area (Å²) < 4.78 is 0. The van der Waals surface area contributed by atoms with Crippen LogP contribution >= 0.6 is 0 Å². The highest BCUT2D eigenvalue weighted by molar-refractivity contribution is 5.82. The molecule has 0 bridgehead atoms. The zero-order valence-corrected chi connectivity index (χ0v) is 13.3. The number of amides is 1. The highest BCUT2D eigenvalue weighted by atomic mass is 16.2. The van der Waals surface area contributed by atoms with Crippen LogP contribution in [0.3, 0.4) is 0 Å². The quantitative estimate of drug-likeness (QED) is 0.803. The summed E-state index contributed by atoms with van der Waals surface area (Å²) in [4.78, 5) is 12.5. The fourth-order valence-corrected chi connectivity index (χ4v) is 4.40. The predicted octanol–water partition coefficient (Wildman–Crippen LogP) is 3.86. The lowest BCUT2D eigenvalue weighted by atomic mass is 9.77. The zero-order chi connectivity index (χ0) is 14.2. The third-order valence-electron chi connectivity index (χ3n) is 5.73. The van der Waals surface area contributed by atoms with Gasteiger partial charge in [0.05, 0.1) is 0 Å². The third-order valence-corrected chi connectivity index (χ3v) is 5.73. The summed E-state index contributed by atoms with van der Waals surface area (Å²) in [5.74, 6) is 4.28. The van der Waals surface area contributed by atoms with Gasteiger partial charge < -0.3 is 5.32 Å². The molecule has 2 fully saturated rings. The molecule has 110 valence electrons. The van der Waals surface area contributed by atoms with Gasteiger partial charge in [-0.2, -0.15) is 0 Å². The molecule has 0 aromatic carbocycles. The minimum absolute atomic E-state index is 0.325. The van der Waals surface area contributed by atoms with E-state index in [2.05, 4.69) is 39.9 Å². The SMILES string of the molecule is CCC(CC)NC(=O)[C@@H]1[C@@H]2[C@H]1[C@H](C)CC[C@H]2C(C)C.